The van der Waals surface area contributed by atoms with Crippen LogP contribution in [-0.2, 0) is 20.7 Å². The Kier molecular flexibility index (Phi) is 6.68. The van der Waals surface area contributed by atoms with Crippen LogP contribution in [0.5, 0.6) is 0 Å². The summed E-state index contributed by atoms with van der Waals surface area (Å²) in [6.45, 7) is 1.70. The zero-order valence-electron chi connectivity index (χ0n) is 16.2. The monoisotopic (exact) mass is 390 g/mol. The number of carbonyl (C=O) groups excluding carboxylic acids is 3. The predicted octanol–water partition coefficient (Wildman–Crippen LogP) is 3.94. The van der Waals surface area contributed by atoms with Crippen molar-refractivity contribution in [1.29, 1.82) is 0 Å². The summed E-state index contributed by atoms with van der Waals surface area (Å²) in [6, 6.07) is 16.4. The third-order valence-electron chi connectivity index (χ3n) is 4.51. The van der Waals surface area contributed by atoms with E-state index in [1.807, 2.05) is 43.3 Å². The van der Waals surface area contributed by atoms with Crippen LogP contribution < -0.4 is 5.32 Å². The average molecular weight is 390 g/mol. The summed E-state index contributed by atoms with van der Waals surface area (Å²) < 4.78 is 5.00. The normalized spacial score (nSPS) is 10.5. The molecule has 0 aliphatic carbocycles. The predicted molar refractivity (Wildman–Crippen MR) is 111 cm³/mol. The number of fused-ring (bicyclic) bond motifs is 1. The minimum absolute atomic E-state index is 0.0402. The lowest BCUT2D eigenvalue weighted by molar-refractivity contribution is -0.143. The lowest BCUT2D eigenvalue weighted by atomic mass is 10.1. The van der Waals surface area contributed by atoms with Gasteiger partial charge in [0.1, 0.15) is 0 Å². The van der Waals surface area contributed by atoms with Gasteiger partial charge in [0.15, 0.2) is 12.4 Å². The van der Waals surface area contributed by atoms with Crippen LogP contribution in [0, 0.1) is 0 Å². The van der Waals surface area contributed by atoms with Gasteiger partial charge in [-0.15, -0.1) is 0 Å². The van der Waals surface area contributed by atoms with E-state index in [9.17, 15) is 14.4 Å². The summed E-state index contributed by atoms with van der Waals surface area (Å²) >= 11 is 0. The molecule has 1 N–H and O–H groups in total. The smallest absolute Gasteiger partial charge is 0.306 e. The molecule has 1 aromatic heterocycles. The van der Waals surface area contributed by atoms with Crippen molar-refractivity contribution in [3.63, 3.8) is 0 Å². The maximum atomic E-state index is 12.2. The van der Waals surface area contributed by atoms with Crippen molar-refractivity contribution in [2.45, 2.75) is 26.2 Å². The molecule has 0 unspecified atom stereocenters. The number of rotatable bonds is 8. The Morgan fingerprint density at radius 2 is 1.72 bits per heavy atom. The number of nitrogens with one attached hydrogen (secondary N) is 1. The number of para-hydroxylation sites is 1. The van der Waals surface area contributed by atoms with Crippen molar-refractivity contribution < 1.29 is 19.1 Å². The Hall–Kier alpha value is -3.54. The first kappa shape index (κ1) is 20.2. The first-order valence-corrected chi connectivity index (χ1v) is 9.48. The Bertz CT molecular complexity index is 1020. The number of anilines is 1. The molecule has 0 saturated carbocycles. The molecule has 148 valence electrons. The summed E-state index contributed by atoms with van der Waals surface area (Å²) in [5.74, 6) is -1.18. The SMILES string of the molecule is CCc1ccc(C(=O)COC(=O)CCC(=O)Nc2cccc3cccnc23)cc1. The number of hydrogen-bond donors (Lipinski definition) is 1. The number of ketones is 1. The van der Waals surface area contributed by atoms with Crippen LogP contribution in [0.2, 0.25) is 0 Å². The number of carbonyl (C=O) groups is 3. The summed E-state index contributed by atoms with van der Waals surface area (Å²) in [6.07, 6.45) is 2.40. The molecule has 0 atom stereocenters. The van der Waals surface area contributed by atoms with Crippen LogP contribution in [0.15, 0.2) is 60.8 Å². The summed E-state index contributed by atoms with van der Waals surface area (Å²) in [5, 5.41) is 3.68. The minimum atomic E-state index is -0.588. The lowest BCUT2D eigenvalue weighted by Gasteiger charge is -2.08. The van der Waals surface area contributed by atoms with Crippen molar-refractivity contribution in [2.24, 2.45) is 0 Å². The van der Waals surface area contributed by atoms with Gasteiger partial charge in [-0.05, 0) is 24.1 Å². The standard InChI is InChI=1S/C23H22N2O4/c1-2-16-8-10-17(11-9-16)20(26)15-29-22(28)13-12-21(27)25-19-7-3-5-18-6-4-14-24-23(18)19/h3-11,14H,2,12-13,15H2,1H3,(H,25,27). The second kappa shape index (κ2) is 9.59. The number of nitrogens with zero attached hydrogens (tertiary/aromatic N) is 1. The average Bonchev–Trinajstić information content (AvgIpc) is 2.76. The Morgan fingerprint density at radius 3 is 2.48 bits per heavy atom. The van der Waals surface area contributed by atoms with E-state index in [1.165, 1.54) is 0 Å². The van der Waals surface area contributed by atoms with E-state index in [4.69, 9.17) is 4.74 Å². The Balaban J connectivity index is 1.46. The first-order valence-electron chi connectivity index (χ1n) is 9.48. The molecule has 0 aliphatic heterocycles. The number of aryl methyl sites for hydroxylation is 1. The molecule has 3 aromatic rings. The van der Waals surface area contributed by atoms with Crippen LogP contribution in [0.25, 0.3) is 10.9 Å². The number of pyridine rings is 1. The Labute approximate surface area is 168 Å². The number of benzene rings is 2. The third kappa shape index (κ3) is 5.48. The van der Waals surface area contributed by atoms with Crippen LogP contribution in [-0.4, -0.2) is 29.3 Å². The van der Waals surface area contributed by atoms with Gasteiger partial charge < -0.3 is 10.1 Å². The van der Waals surface area contributed by atoms with Gasteiger partial charge in [0.2, 0.25) is 5.91 Å². The number of ether oxygens (including phenoxy) is 1. The van der Waals surface area contributed by atoms with Crippen LogP contribution >= 0.6 is 0 Å². The zero-order valence-corrected chi connectivity index (χ0v) is 16.2. The zero-order chi connectivity index (χ0) is 20.6. The minimum Gasteiger partial charge on any atom is -0.457 e. The number of hydrogen-bond acceptors (Lipinski definition) is 5. The number of esters is 1. The maximum absolute atomic E-state index is 12.2. The van der Waals surface area contributed by atoms with Gasteiger partial charge in [0.05, 0.1) is 17.6 Å². The molecule has 0 bridgehead atoms. The first-order chi connectivity index (χ1) is 14.1. The van der Waals surface area contributed by atoms with Crippen molar-refractivity contribution in [3.8, 4) is 0 Å². The fourth-order valence-electron chi connectivity index (χ4n) is 2.86. The van der Waals surface area contributed by atoms with Gasteiger partial charge in [-0.2, -0.15) is 0 Å². The van der Waals surface area contributed by atoms with E-state index >= 15 is 0 Å². The third-order valence-corrected chi connectivity index (χ3v) is 4.51. The highest BCUT2D eigenvalue weighted by molar-refractivity contribution is 6.01. The van der Waals surface area contributed by atoms with Crippen LogP contribution in [0.4, 0.5) is 5.69 Å². The fourth-order valence-corrected chi connectivity index (χ4v) is 2.86. The molecule has 0 saturated heterocycles. The second-order valence-corrected chi connectivity index (χ2v) is 6.56. The van der Waals surface area contributed by atoms with Crippen LogP contribution in [0.3, 0.4) is 0 Å². The number of Topliss-reactive ketones (excluding diaryl/α,β-unsaturated/α-hetero) is 1. The van der Waals surface area contributed by atoms with Crippen LogP contribution in [0.1, 0.15) is 35.7 Å². The molecule has 0 fully saturated rings. The highest BCUT2D eigenvalue weighted by Crippen LogP contribution is 2.20. The van der Waals surface area contributed by atoms with E-state index in [1.54, 1.807) is 24.4 Å². The Morgan fingerprint density at radius 1 is 0.966 bits per heavy atom. The molecule has 0 aliphatic rings. The van der Waals surface area contributed by atoms with Crippen molar-refractivity contribution in [3.05, 3.63) is 71.9 Å². The summed E-state index contributed by atoms with van der Waals surface area (Å²) in [4.78, 5) is 40.4. The van der Waals surface area contributed by atoms with E-state index in [0.717, 1.165) is 17.4 Å². The van der Waals surface area contributed by atoms with Crippen molar-refractivity contribution >= 4 is 34.3 Å². The maximum Gasteiger partial charge on any atom is 0.306 e. The number of aromatic nitrogens is 1. The highest BCUT2D eigenvalue weighted by atomic mass is 16.5. The molecule has 0 spiro atoms. The molecular weight excluding hydrogens is 368 g/mol. The van der Waals surface area contributed by atoms with Gasteiger partial charge in [0.25, 0.3) is 0 Å². The second-order valence-electron chi connectivity index (χ2n) is 6.56. The van der Waals surface area contributed by atoms with E-state index in [0.29, 0.717) is 16.8 Å². The molecular formula is C23H22N2O4. The van der Waals surface area contributed by atoms with E-state index in [-0.39, 0.29) is 31.1 Å². The van der Waals surface area contributed by atoms with Gasteiger partial charge in [-0.25, -0.2) is 0 Å². The van der Waals surface area contributed by atoms with E-state index in [2.05, 4.69) is 10.3 Å². The molecule has 6 nitrogen and oxygen atoms in total. The molecule has 6 heteroatoms. The fraction of sp³-hybridized carbons (Fsp3) is 0.217. The molecule has 3 rings (SSSR count). The van der Waals surface area contributed by atoms with Gasteiger partial charge >= 0.3 is 5.97 Å². The van der Waals surface area contributed by atoms with Gasteiger partial charge in [-0.1, -0.05) is 49.4 Å². The topological polar surface area (TPSA) is 85.4 Å². The molecule has 29 heavy (non-hydrogen) atoms. The molecule has 1 amide bonds. The lowest BCUT2D eigenvalue weighted by Crippen LogP contribution is -2.17. The summed E-state index contributed by atoms with van der Waals surface area (Å²) in [7, 11) is 0. The molecule has 2 aromatic carbocycles. The highest BCUT2D eigenvalue weighted by Gasteiger charge is 2.13. The van der Waals surface area contributed by atoms with E-state index < -0.39 is 5.97 Å². The summed E-state index contributed by atoms with van der Waals surface area (Å²) in [5.41, 5.74) is 2.90. The van der Waals surface area contributed by atoms with Gasteiger partial charge in [0, 0.05) is 23.6 Å². The molecule has 1 heterocycles. The quantitative estimate of drug-likeness (QED) is 0.465. The van der Waals surface area contributed by atoms with Crippen molar-refractivity contribution in [1.82, 2.24) is 4.98 Å². The number of amides is 1. The molecule has 0 radical (unpaired) electrons. The largest absolute Gasteiger partial charge is 0.457 e. The van der Waals surface area contributed by atoms with Crippen molar-refractivity contribution in [2.75, 3.05) is 11.9 Å². The van der Waals surface area contributed by atoms with Gasteiger partial charge in [-0.3, -0.25) is 19.4 Å².